The number of hydrogen-bond acceptors (Lipinski definition) is 1. The van der Waals surface area contributed by atoms with E-state index in [1.54, 1.807) is 0 Å². The van der Waals surface area contributed by atoms with E-state index < -0.39 is 0 Å². The Morgan fingerprint density at radius 2 is 1.82 bits per heavy atom. The first kappa shape index (κ1) is 11.6. The third kappa shape index (κ3) is 3.05. The summed E-state index contributed by atoms with van der Waals surface area (Å²) in [5.74, 6) is 0. The van der Waals surface area contributed by atoms with Crippen LogP contribution in [0.4, 0.5) is 0 Å². The first-order valence-electron chi connectivity index (χ1n) is 5.22. The van der Waals surface area contributed by atoms with Crippen LogP contribution in [0.3, 0.4) is 0 Å². The Labute approximate surface area is 109 Å². The van der Waals surface area contributed by atoms with Crippen LogP contribution >= 0.6 is 15.9 Å². The van der Waals surface area contributed by atoms with Crippen LogP contribution in [0.5, 0.6) is 0 Å². The second-order valence-corrected chi connectivity index (χ2v) is 4.50. The zero-order valence-corrected chi connectivity index (χ0v) is 10.7. The smallest absolute Gasteiger partial charge is 0.0997 e. The van der Waals surface area contributed by atoms with Crippen molar-refractivity contribution in [1.82, 2.24) is 0 Å². The van der Waals surface area contributed by atoms with Crippen molar-refractivity contribution in [2.24, 2.45) is 0 Å². The van der Waals surface area contributed by atoms with Gasteiger partial charge in [-0.1, -0.05) is 58.4 Å². The Kier molecular flexibility index (Phi) is 3.74. The molecule has 0 heterocycles. The lowest BCUT2D eigenvalue weighted by Gasteiger charge is -1.97. The molecule has 0 spiro atoms. The van der Waals surface area contributed by atoms with E-state index in [0.717, 1.165) is 15.6 Å². The molecule has 82 valence electrons. The van der Waals surface area contributed by atoms with Gasteiger partial charge in [0.2, 0.25) is 0 Å². The Morgan fingerprint density at radius 1 is 1.00 bits per heavy atom. The number of halogens is 1. The quantitative estimate of drug-likeness (QED) is 0.745. The number of nitrogens with zero attached hydrogens (tertiary/aromatic N) is 1. The monoisotopic (exact) mass is 283 g/mol. The van der Waals surface area contributed by atoms with Crippen molar-refractivity contribution in [2.75, 3.05) is 0 Å². The van der Waals surface area contributed by atoms with Gasteiger partial charge in [0.25, 0.3) is 0 Å². The molecule has 2 aromatic carbocycles. The molecule has 0 aromatic heterocycles. The van der Waals surface area contributed by atoms with Crippen LogP contribution in [0.25, 0.3) is 12.2 Å². The predicted molar refractivity (Wildman–Crippen MR) is 74.2 cm³/mol. The maximum Gasteiger partial charge on any atom is 0.0997 e. The predicted octanol–water partition coefficient (Wildman–Crippen LogP) is 4.49. The van der Waals surface area contributed by atoms with E-state index in [9.17, 15) is 0 Å². The van der Waals surface area contributed by atoms with Crippen LogP contribution < -0.4 is 0 Å². The highest BCUT2D eigenvalue weighted by Crippen LogP contribution is 2.15. The van der Waals surface area contributed by atoms with E-state index in [4.69, 9.17) is 5.26 Å². The highest BCUT2D eigenvalue weighted by molar-refractivity contribution is 9.10. The Balaban J connectivity index is 2.30. The third-order valence-electron chi connectivity index (χ3n) is 2.39. The van der Waals surface area contributed by atoms with E-state index in [0.29, 0.717) is 5.56 Å². The van der Waals surface area contributed by atoms with Crippen molar-refractivity contribution in [1.29, 1.82) is 5.26 Å². The van der Waals surface area contributed by atoms with Gasteiger partial charge in [-0.2, -0.15) is 5.26 Å². The summed E-state index contributed by atoms with van der Waals surface area (Å²) >= 11 is 3.43. The van der Waals surface area contributed by atoms with E-state index >= 15 is 0 Å². The fourth-order valence-corrected chi connectivity index (χ4v) is 1.96. The molecule has 0 aliphatic carbocycles. The summed E-state index contributed by atoms with van der Waals surface area (Å²) in [6.45, 7) is 0. The third-order valence-corrected chi connectivity index (χ3v) is 2.88. The second-order valence-electron chi connectivity index (χ2n) is 3.59. The first-order valence-corrected chi connectivity index (χ1v) is 6.01. The topological polar surface area (TPSA) is 23.8 Å². The van der Waals surface area contributed by atoms with Gasteiger partial charge in [-0.15, -0.1) is 0 Å². The molecular formula is C15H10BrN. The van der Waals surface area contributed by atoms with Crippen molar-refractivity contribution in [3.8, 4) is 6.07 Å². The second kappa shape index (κ2) is 5.47. The molecule has 2 rings (SSSR count). The lowest BCUT2D eigenvalue weighted by Crippen LogP contribution is -1.80. The molecule has 0 N–H and O–H groups in total. The summed E-state index contributed by atoms with van der Waals surface area (Å²) < 4.78 is 1.05. The summed E-state index contributed by atoms with van der Waals surface area (Å²) in [5.41, 5.74) is 2.74. The lowest BCUT2D eigenvalue weighted by molar-refractivity contribution is 1.47. The van der Waals surface area contributed by atoms with Crippen LogP contribution in [0.2, 0.25) is 0 Å². The van der Waals surface area contributed by atoms with Gasteiger partial charge in [0.15, 0.2) is 0 Å². The fraction of sp³-hybridized carbons (Fsp3) is 0. The van der Waals surface area contributed by atoms with Gasteiger partial charge in [-0.05, 0) is 29.3 Å². The molecule has 1 nitrogen and oxygen atoms in total. The molecule has 0 bridgehead atoms. The summed E-state index contributed by atoms with van der Waals surface area (Å²) in [4.78, 5) is 0. The molecule has 2 aromatic rings. The van der Waals surface area contributed by atoms with Gasteiger partial charge in [0, 0.05) is 4.47 Å². The lowest BCUT2D eigenvalue weighted by atomic mass is 10.1. The molecule has 0 radical (unpaired) electrons. The largest absolute Gasteiger partial charge is 0.192 e. The van der Waals surface area contributed by atoms with Gasteiger partial charge in [0.05, 0.1) is 11.6 Å². The summed E-state index contributed by atoms with van der Waals surface area (Å²) in [7, 11) is 0. The maximum absolute atomic E-state index is 8.97. The first-order chi connectivity index (χ1) is 8.29. The molecule has 2 heteroatoms. The highest BCUT2D eigenvalue weighted by Gasteiger charge is 1.95. The molecule has 0 fully saturated rings. The van der Waals surface area contributed by atoms with Crippen LogP contribution in [-0.4, -0.2) is 0 Å². The Bertz CT molecular complexity index is 594. The number of hydrogen-bond donors (Lipinski definition) is 0. The van der Waals surface area contributed by atoms with Crippen molar-refractivity contribution >= 4 is 28.1 Å². The molecule has 17 heavy (non-hydrogen) atoms. The minimum Gasteiger partial charge on any atom is -0.192 e. The molecule has 0 saturated carbocycles. The molecule has 0 aliphatic rings. The zero-order chi connectivity index (χ0) is 12.1. The maximum atomic E-state index is 8.97. The normalized spacial score (nSPS) is 10.4. The molecular weight excluding hydrogens is 274 g/mol. The molecule has 0 amide bonds. The van der Waals surface area contributed by atoms with E-state index in [1.807, 2.05) is 60.7 Å². The van der Waals surface area contributed by atoms with Crippen LogP contribution in [-0.2, 0) is 0 Å². The van der Waals surface area contributed by atoms with Gasteiger partial charge < -0.3 is 0 Å². The number of nitriles is 1. The average Bonchev–Trinajstić information content (AvgIpc) is 2.37. The van der Waals surface area contributed by atoms with Crippen molar-refractivity contribution in [3.05, 3.63) is 69.7 Å². The van der Waals surface area contributed by atoms with Crippen LogP contribution in [0.15, 0.2) is 53.0 Å². The van der Waals surface area contributed by atoms with E-state index in [1.165, 1.54) is 0 Å². The minimum absolute atomic E-state index is 0.693. The Hall–Kier alpha value is -1.85. The fourth-order valence-electron chi connectivity index (χ4n) is 1.54. The summed E-state index contributed by atoms with van der Waals surface area (Å²) in [6, 6.07) is 17.8. The van der Waals surface area contributed by atoms with E-state index in [-0.39, 0.29) is 0 Å². The molecule has 0 unspecified atom stereocenters. The zero-order valence-electron chi connectivity index (χ0n) is 9.10. The SMILES string of the molecule is N#Cc1ccccc1C=Cc1cccc(Br)c1. The van der Waals surface area contributed by atoms with Crippen LogP contribution in [0.1, 0.15) is 16.7 Å². The van der Waals surface area contributed by atoms with Crippen molar-refractivity contribution in [2.45, 2.75) is 0 Å². The number of rotatable bonds is 2. The van der Waals surface area contributed by atoms with Gasteiger partial charge >= 0.3 is 0 Å². The minimum atomic E-state index is 0.693. The Morgan fingerprint density at radius 3 is 2.59 bits per heavy atom. The van der Waals surface area contributed by atoms with E-state index in [2.05, 4.69) is 22.0 Å². The molecule has 0 aliphatic heterocycles. The standard InChI is InChI=1S/C15H10BrN/c16-15-7-3-4-12(10-15)8-9-13-5-1-2-6-14(13)11-17/h1-10H. The molecule has 0 saturated heterocycles. The summed E-state index contributed by atoms with van der Waals surface area (Å²) in [5, 5.41) is 8.97. The van der Waals surface area contributed by atoms with Gasteiger partial charge in [0.1, 0.15) is 0 Å². The van der Waals surface area contributed by atoms with Crippen molar-refractivity contribution in [3.63, 3.8) is 0 Å². The number of benzene rings is 2. The van der Waals surface area contributed by atoms with Gasteiger partial charge in [-0.25, -0.2) is 0 Å². The highest BCUT2D eigenvalue weighted by atomic mass is 79.9. The molecule has 0 atom stereocenters. The average molecular weight is 284 g/mol. The summed E-state index contributed by atoms with van der Waals surface area (Å²) in [6.07, 6.45) is 3.96. The van der Waals surface area contributed by atoms with Gasteiger partial charge in [-0.3, -0.25) is 0 Å². The van der Waals surface area contributed by atoms with Crippen LogP contribution in [0, 0.1) is 11.3 Å². The van der Waals surface area contributed by atoms with Crippen molar-refractivity contribution < 1.29 is 0 Å².